The highest BCUT2D eigenvalue weighted by Crippen LogP contribution is 2.34. The second-order valence-electron chi connectivity index (χ2n) is 7.53. The zero-order valence-electron chi connectivity index (χ0n) is 16.9. The molecule has 2 aromatic heterocycles. The highest BCUT2D eigenvalue weighted by molar-refractivity contribution is 7.14. The molecule has 0 spiro atoms. The molecule has 5 rings (SSSR count). The molecule has 7 heteroatoms. The molecule has 3 heterocycles. The van der Waals surface area contributed by atoms with Crippen molar-refractivity contribution in [2.45, 2.75) is 6.54 Å². The molecule has 6 nitrogen and oxygen atoms in total. The quantitative estimate of drug-likeness (QED) is 0.540. The van der Waals surface area contributed by atoms with Gasteiger partial charge < -0.3 is 14.5 Å². The molecule has 1 N–H and O–H groups in total. The monoisotopic (exact) mass is 418 g/mol. The number of nitrogens with one attached hydrogen (secondary N) is 1. The molecule has 4 aromatic rings. The van der Waals surface area contributed by atoms with Gasteiger partial charge in [0.1, 0.15) is 34.5 Å². The van der Waals surface area contributed by atoms with E-state index in [0.29, 0.717) is 0 Å². The van der Waals surface area contributed by atoms with Crippen LogP contribution in [-0.2, 0) is 6.54 Å². The lowest BCUT2D eigenvalue weighted by Gasteiger charge is -2.33. The summed E-state index contributed by atoms with van der Waals surface area (Å²) in [5.41, 5.74) is 4.28. The number of anilines is 1. The first kappa shape index (κ1) is 19.0. The van der Waals surface area contributed by atoms with Crippen molar-refractivity contribution in [1.82, 2.24) is 14.3 Å². The minimum atomic E-state index is 0.837. The van der Waals surface area contributed by atoms with Crippen LogP contribution in [0.1, 0.15) is 5.56 Å². The Bertz CT molecular complexity index is 1120. The summed E-state index contributed by atoms with van der Waals surface area (Å²) >= 11 is 1.49. The average molecular weight is 419 g/mol. The third-order valence-electron chi connectivity index (χ3n) is 5.67. The third kappa shape index (κ3) is 3.74. The molecule has 1 aliphatic heterocycles. The maximum absolute atomic E-state index is 5.27. The summed E-state index contributed by atoms with van der Waals surface area (Å²) in [7, 11) is 1.67. The number of quaternary nitrogens is 1. The number of aromatic nitrogens is 3. The Morgan fingerprint density at radius 3 is 2.50 bits per heavy atom. The van der Waals surface area contributed by atoms with Gasteiger partial charge in [-0.05, 0) is 35.8 Å². The Kier molecular flexibility index (Phi) is 5.29. The van der Waals surface area contributed by atoms with E-state index in [1.54, 1.807) is 18.3 Å². The van der Waals surface area contributed by atoms with E-state index < -0.39 is 0 Å². The van der Waals surface area contributed by atoms with Crippen LogP contribution in [0.15, 0.2) is 60.9 Å². The summed E-state index contributed by atoms with van der Waals surface area (Å²) in [6.45, 7) is 5.26. The molecule has 1 aliphatic rings. The van der Waals surface area contributed by atoms with Gasteiger partial charge >= 0.3 is 0 Å². The fraction of sp³-hybridized carbons (Fsp3) is 0.261. The van der Waals surface area contributed by atoms with Crippen molar-refractivity contribution in [3.63, 3.8) is 0 Å². The maximum Gasteiger partial charge on any atom is 0.152 e. The van der Waals surface area contributed by atoms with Crippen LogP contribution in [0.5, 0.6) is 5.75 Å². The molecule has 1 fully saturated rings. The number of piperazine rings is 1. The molecule has 0 radical (unpaired) electrons. The zero-order valence-corrected chi connectivity index (χ0v) is 17.7. The van der Waals surface area contributed by atoms with Gasteiger partial charge in [0.05, 0.1) is 33.3 Å². The van der Waals surface area contributed by atoms with E-state index in [2.05, 4.69) is 45.2 Å². The standard InChI is InChI=1S/C23H23N5OS/c1-29-19-9-7-18(8-10-19)20-21-22(30-26-20)23(25-16-24-21)28-13-11-27(12-14-28)15-17-5-3-2-4-6-17/h2-10,16H,11-15H2,1H3/p+1. The molecule has 2 aromatic carbocycles. The number of benzene rings is 2. The number of ether oxygens (including phenoxy) is 1. The van der Waals surface area contributed by atoms with Gasteiger partial charge in [-0.15, -0.1) is 0 Å². The Morgan fingerprint density at radius 2 is 1.77 bits per heavy atom. The molecular formula is C23H24N5OS+. The van der Waals surface area contributed by atoms with E-state index in [0.717, 1.165) is 65.8 Å². The lowest BCUT2D eigenvalue weighted by atomic mass is 10.1. The zero-order chi connectivity index (χ0) is 20.3. The highest BCUT2D eigenvalue weighted by atomic mass is 32.1. The minimum absolute atomic E-state index is 0.837. The smallest absolute Gasteiger partial charge is 0.152 e. The summed E-state index contributed by atoms with van der Waals surface area (Å²) in [5.74, 6) is 1.85. The molecule has 152 valence electrons. The number of methoxy groups -OCH3 is 1. The summed E-state index contributed by atoms with van der Waals surface area (Å²) in [4.78, 5) is 13.2. The van der Waals surface area contributed by atoms with Crippen molar-refractivity contribution >= 4 is 27.6 Å². The Balaban J connectivity index is 1.35. The van der Waals surface area contributed by atoms with Crippen LogP contribution in [0.25, 0.3) is 21.5 Å². The van der Waals surface area contributed by atoms with Crippen LogP contribution < -0.4 is 14.5 Å². The highest BCUT2D eigenvalue weighted by Gasteiger charge is 2.24. The predicted molar refractivity (Wildman–Crippen MR) is 120 cm³/mol. The first-order chi connectivity index (χ1) is 14.8. The molecular weight excluding hydrogens is 394 g/mol. The van der Waals surface area contributed by atoms with Crippen LogP contribution >= 0.6 is 11.5 Å². The fourth-order valence-electron chi connectivity index (χ4n) is 4.01. The Morgan fingerprint density at radius 1 is 1.00 bits per heavy atom. The largest absolute Gasteiger partial charge is 0.497 e. The van der Waals surface area contributed by atoms with Gasteiger partial charge in [0.2, 0.25) is 0 Å². The lowest BCUT2D eigenvalue weighted by molar-refractivity contribution is -0.914. The van der Waals surface area contributed by atoms with Crippen LogP contribution in [0.4, 0.5) is 5.82 Å². The van der Waals surface area contributed by atoms with Gasteiger partial charge in [0.15, 0.2) is 5.82 Å². The second-order valence-corrected chi connectivity index (χ2v) is 8.31. The number of nitrogens with zero attached hydrogens (tertiary/aromatic N) is 4. The lowest BCUT2D eigenvalue weighted by Crippen LogP contribution is -3.13. The number of hydrogen-bond donors (Lipinski definition) is 1. The summed E-state index contributed by atoms with van der Waals surface area (Å²) in [6, 6.07) is 18.7. The molecule has 30 heavy (non-hydrogen) atoms. The van der Waals surface area contributed by atoms with E-state index >= 15 is 0 Å². The normalized spacial score (nSPS) is 14.9. The number of fused-ring (bicyclic) bond motifs is 1. The van der Waals surface area contributed by atoms with E-state index in [4.69, 9.17) is 9.11 Å². The number of hydrogen-bond acceptors (Lipinski definition) is 6. The molecule has 0 amide bonds. The van der Waals surface area contributed by atoms with Crippen LogP contribution in [0.3, 0.4) is 0 Å². The van der Waals surface area contributed by atoms with Gasteiger partial charge in [-0.25, -0.2) is 9.97 Å². The molecule has 0 unspecified atom stereocenters. The van der Waals surface area contributed by atoms with Crippen LogP contribution in [0.2, 0.25) is 0 Å². The van der Waals surface area contributed by atoms with Crippen molar-refractivity contribution in [3.05, 3.63) is 66.5 Å². The minimum Gasteiger partial charge on any atom is -0.497 e. The van der Waals surface area contributed by atoms with E-state index in [9.17, 15) is 0 Å². The fourth-order valence-corrected chi connectivity index (χ4v) is 4.89. The van der Waals surface area contributed by atoms with Gasteiger partial charge in [-0.1, -0.05) is 30.3 Å². The average Bonchev–Trinajstić information content (AvgIpc) is 3.25. The second kappa shape index (κ2) is 8.38. The molecule has 0 aliphatic carbocycles. The Labute approximate surface area is 179 Å². The summed E-state index contributed by atoms with van der Waals surface area (Å²) < 4.78 is 11.0. The van der Waals surface area contributed by atoms with Crippen molar-refractivity contribution in [3.8, 4) is 17.0 Å². The van der Waals surface area contributed by atoms with Crippen molar-refractivity contribution in [1.29, 1.82) is 0 Å². The maximum atomic E-state index is 5.27. The van der Waals surface area contributed by atoms with E-state index in [1.165, 1.54) is 17.1 Å². The molecule has 0 atom stereocenters. The first-order valence-corrected chi connectivity index (χ1v) is 11.0. The summed E-state index contributed by atoms with van der Waals surface area (Å²) in [5, 5.41) is 0. The van der Waals surface area contributed by atoms with Crippen molar-refractivity contribution in [2.75, 3.05) is 38.2 Å². The van der Waals surface area contributed by atoms with Gasteiger partial charge in [-0.3, -0.25) is 0 Å². The van der Waals surface area contributed by atoms with Crippen LogP contribution in [0, 0.1) is 0 Å². The van der Waals surface area contributed by atoms with Crippen molar-refractivity contribution < 1.29 is 9.64 Å². The summed E-state index contributed by atoms with van der Waals surface area (Å²) in [6.07, 6.45) is 1.67. The molecule has 1 saturated heterocycles. The molecule has 0 saturated carbocycles. The molecule has 0 bridgehead atoms. The van der Waals surface area contributed by atoms with E-state index in [-0.39, 0.29) is 0 Å². The Hall–Kier alpha value is -3.03. The topological polar surface area (TPSA) is 55.6 Å². The van der Waals surface area contributed by atoms with E-state index in [1.807, 2.05) is 24.3 Å². The SMILES string of the molecule is COc1ccc(-c2nsc3c(N4CC[NH+](Cc5ccccc5)CC4)ncnc23)cc1. The number of rotatable bonds is 5. The van der Waals surface area contributed by atoms with Crippen LogP contribution in [-0.4, -0.2) is 47.6 Å². The van der Waals surface area contributed by atoms with Gasteiger partial charge in [0, 0.05) is 11.1 Å². The predicted octanol–water partition coefficient (Wildman–Crippen LogP) is 2.67. The third-order valence-corrected chi connectivity index (χ3v) is 6.50. The van der Waals surface area contributed by atoms with Gasteiger partial charge in [0.25, 0.3) is 0 Å². The van der Waals surface area contributed by atoms with Gasteiger partial charge in [-0.2, -0.15) is 4.37 Å². The van der Waals surface area contributed by atoms with Crippen molar-refractivity contribution in [2.24, 2.45) is 0 Å². The first-order valence-electron chi connectivity index (χ1n) is 10.2.